The number of hydrogen-bond donors (Lipinski definition) is 1. The Morgan fingerprint density at radius 3 is 2.56 bits per heavy atom. The molecule has 2 saturated heterocycles. The third-order valence-corrected chi connectivity index (χ3v) is 6.14. The maximum atomic E-state index is 5.34. The predicted octanol–water partition coefficient (Wildman–Crippen LogP) is 3.25. The molecule has 0 atom stereocenters. The van der Waals surface area contributed by atoms with Gasteiger partial charge in [0.1, 0.15) is 0 Å². The van der Waals surface area contributed by atoms with Crippen LogP contribution in [0.15, 0.2) is 20.9 Å². The Bertz CT molecular complexity index is 571. The highest BCUT2D eigenvalue weighted by Crippen LogP contribution is 2.27. The molecule has 5 nitrogen and oxygen atoms in total. The van der Waals surface area contributed by atoms with E-state index in [1.807, 2.05) is 11.3 Å². The van der Waals surface area contributed by atoms with E-state index in [0.29, 0.717) is 0 Å². The summed E-state index contributed by atoms with van der Waals surface area (Å²) >= 11 is 5.38. The maximum absolute atomic E-state index is 5.34. The lowest BCUT2D eigenvalue weighted by atomic mass is 9.89. The number of halogens is 2. The normalized spacial score (nSPS) is 20.8. The zero-order chi connectivity index (χ0) is 17.0. The van der Waals surface area contributed by atoms with Gasteiger partial charge >= 0.3 is 0 Å². The van der Waals surface area contributed by atoms with Crippen LogP contribution in [0.4, 0.5) is 0 Å². The molecule has 2 fully saturated rings. The zero-order valence-electron chi connectivity index (χ0n) is 15.0. The summed E-state index contributed by atoms with van der Waals surface area (Å²) in [4.78, 5) is 11.2. The van der Waals surface area contributed by atoms with Crippen molar-refractivity contribution in [1.82, 2.24) is 15.1 Å². The molecule has 25 heavy (non-hydrogen) atoms. The Hall–Kier alpha value is 0.1000. The van der Waals surface area contributed by atoms with Gasteiger partial charge in [-0.15, -0.1) is 35.3 Å². The van der Waals surface area contributed by atoms with Gasteiger partial charge in [0, 0.05) is 49.6 Å². The van der Waals surface area contributed by atoms with Crippen molar-refractivity contribution in [2.45, 2.75) is 20.4 Å². The summed E-state index contributed by atoms with van der Waals surface area (Å²) in [6.45, 7) is 13.1. The quantitative estimate of drug-likeness (QED) is 0.352. The number of hydrogen-bond acceptors (Lipinski definition) is 4. The van der Waals surface area contributed by atoms with E-state index in [4.69, 9.17) is 9.73 Å². The second-order valence-corrected chi connectivity index (χ2v) is 9.49. The number of nitrogens with one attached hydrogen (secondary N) is 1. The smallest absolute Gasteiger partial charge is 0.194 e. The van der Waals surface area contributed by atoms with E-state index < -0.39 is 0 Å². The molecule has 2 aliphatic heterocycles. The van der Waals surface area contributed by atoms with Crippen molar-refractivity contribution in [3.05, 3.63) is 20.8 Å². The minimum Gasteiger partial charge on any atom is -0.380 e. The topological polar surface area (TPSA) is 40.1 Å². The van der Waals surface area contributed by atoms with Gasteiger partial charge < -0.3 is 15.0 Å². The molecule has 0 amide bonds. The van der Waals surface area contributed by atoms with Crippen LogP contribution in [0.3, 0.4) is 0 Å². The van der Waals surface area contributed by atoms with E-state index in [9.17, 15) is 0 Å². The first kappa shape index (κ1) is 21.4. The maximum Gasteiger partial charge on any atom is 0.194 e. The van der Waals surface area contributed by atoms with E-state index in [2.05, 4.69) is 57.0 Å². The Labute approximate surface area is 180 Å². The van der Waals surface area contributed by atoms with E-state index in [1.54, 1.807) is 0 Å². The van der Waals surface area contributed by atoms with E-state index in [-0.39, 0.29) is 29.4 Å². The van der Waals surface area contributed by atoms with Crippen molar-refractivity contribution in [1.29, 1.82) is 0 Å². The lowest BCUT2D eigenvalue weighted by molar-refractivity contribution is -0.0946. The van der Waals surface area contributed by atoms with Crippen molar-refractivity contribution < 1.29 is 4.74 Å². The van der Waals surface area contributed by atoms with Gasteiger partial charge in [0.05, 0.1) is 23.5 Å². The molecule has 3 rings (SSSR count). The van der Waals surface area contributed by atoms with Crippen molar-refractivity contribution in [2.75, 3.05) is 52.5 Å². The summed E-state index contributed by atoms with van der Waals surface area (Å²) in [6.07, 6.45) is 0. The zero-order valence-corrected chi connectivity index (χ0v) is 19.7. The highest BCUT2D eigenvalue weighted by atomic mass is 127. The molecule has 3 heterocycles. The Morgan fingerprint density at radius 2 is 2.04 bits per heavy atom. The number of nitrogens with zero attached hydrogens (tertiary/aromatic N) is 3. The molecule has 1 N–H and O–H groups in total. The van der Waals surface area contributed by atoms with Crippen LogP contribution >= 0.6 is 51.2 Å². The molecule has 0 bridgehead atoms. The molecule has 0 aromatic carbocycles. The van der Waals surface area contributed by atoms with Crippen molar-refractivity contribution in [2.24, 2.45) is 10.4 Å². The van der Waals surface area contributed by atoms with Crippen molar-refractivity contribution >= 4 is 57.2 Å². The number of aliphatic imine (C=N–C) groups is 1. The third-order valence-electron chi connectivity index (χ3n) is 4.53. The predicted molar refractivity (Wildman–Crippen MR) is 119 cm³/mol. The number of rotatable bonds is 5. The van der Waals surface area contributed by atoms with Gasteiger partial charge in [-0.2, -0.15) is 0 Å². The average Bonchev–Trinajstić information content (AvgIpc) is 2.95. The van der Waals surface area contributed by atoms with E-state index in [0.717, 1.165) is 65.0 Å². The highest BCUT2D eigenvalue weighted by molar-refractivity contribution is 14.0. The molecule has 8 heteroatoms. The fourth-order valence-electron chi connectivity index (χ4n) is 3.01. The molecule has 0 spiro atoms. The lowest BCUT2D eigenvalue weighted by Gasteiger charge is -2.39. The van der Waals surface area contributed by atoms with Gasteiger partial charge in [-0.1, -0.05) is 6.92 Å². The highest BCUT2D eigenvalue weighted by Gasteiger charge is 2.33. The molecule has 2 aliphatic rings. The van der Waals surface area contributed by atoms with Crippen LogP contribution in [0.25, 0.3) is 0 Å². The Morgan fingerprint density at radius 1 is 1.32 bits per heavy atom. The van der Waals surface area contributed by atoms with Crippen molar-refractivity contribution in [3.8, 4) is 0 Å². The largest absolute Gasteiger partial charge is 0.380 e. The number of guanidine groups is 1. The van der Waals surface area contributed by atoms with Crippen LogP contribution in [-0.2, 0) is 11.3 Å². The van der Waals surface area contributed by atoms with Crippen LogP contribution in [0.5, 0.6) is 0 Å². The number of piperazine rings is 1. The van der Waals surface area contributed by atoms with Gasteiger partial charge in [-0.05, 0) is 35.0 Å². The molecular weight excluding hydrogens is 515 g/mol. The molecule has 0 radical (unpaired) electrons. The monoisotopic (exact) mass is 542 g/mol. The lowest BCUT2D eigenvalue weighted by Crippen LogP contribution is -2.52. The summed E-state index contributed by atoms with van der Waals surface area (Å²) in [7, 11) is 0. The van der Waals surface area contributed by atoms with Crippen LogP contribution in [0.2, 0.25) is 0 Å². The minimum atomic E-state index is 0. The average molecular weight is 543 g/mol. The molecule has 0 unspecified atom stereocenters. The Balaban J connectivity index is 0.00000225. The first-order valence-electron chi connectivity index (χ1n) is 8.65. The number of ether oxygens (including phenoxy) is 1. The fourth-order valence-corrected chi connectivity index (χ4v) is 4.53. The van der Waals surface area contributed by atoms with Crippen LogP contribution in [-0.4, -0.2) is 68.2 Å². The van der Waals surface area contributed by atoms with Gasteiger partial charge in [0.15, 0.2) is 5.96 Å². The van der Waals surface area contributed by atoms with Gasteiger partial charge in [0.2, 0.25) is 0 Å². The standard InChI is InChI=1S/C17H27BrN4OS.HI/c1-3-19-16(20-11-17(2)12-23-13-17)22-8-6-21(7-9-22)10-14-4-5-15(18)24-14;/h4-5H,3,6-13H2,1-2H3,(H,19,20);1H. The molecule has 1 aromatic heterocycles. The minimum absolute atomic E-state index is 0. The SMILES string of the molecule is CCNC(=NCC1(C)COC1)N1CCN(Cc2ccc(Br)s2)CC1.I. The second kappa shape index (κ2) is 9.87. The van der Waals surface area contributed by atoms with Crippen LogP contribution in [0, 0.1) is 5.41 Å². The molecular formula is C17H28BrIN4OS. The molecule has 0 aliphatic carbocycles. The van der Waals surface area contributed by atoms with Crippen LogP contribution in [0.1, 0.15) is 18.7 Å². The fraction of sp³-hybridized carbons (Fsp3) is 0.706. The molecule has 0 saturated carbocycles. The first-order valence-corrected chi connectivity index (χ1v) is 10.3. The van der Waals surface area contributed by atoms with Crippen molar-refractivity contribution in [3.63, 3.8) is 0 Å². The molecule has 1 aromatic rings. The summed E-state index contributed by atoms with van der Waals surface area (Å²) < 4.78 is 6.55. The first-order chi connectivity index (χ1) is 11.6. The second-order valence-electron chi connectivity index (χ2n) is 6.94. The number of thiophene rings is 1. The van der Waals surface area contributed by atoms with Gasteiger partial charge in [0.25, 0.3) is 0 Å². The van der Waals surface area contributed by atoms with Crippen LogP contribution < -0.4 is 5.32 Å². The van der Waals surface area contributed by atoms with E-state index >= 15 is 0 Å². The van der Waals surface area contributed by atoms with Gasteiger partial charge in [-0.3, -0.25) is 9.89 Å². The Kier molecular flexibility index (Phi) is 8.45. The summed E-state index contributed by atoms with van der Waals surface area (Å²) in [6, 6.07) is 4.35. The summed E-state index contributed by atoms with van der Waals surface area (Å²) in [5, 5.41) is 3.45. The summed E-state index contributed by atoms with van der Waals surface area (Å²) in [5.74, 6) is 1.06. The third kappa shape index (κ3) is 6.05. The summed E-state index contributed by atoms with van der Waals surface area (Å²) in [5.41, 5.74) is 0.231. The molecule has 142 valence electrons. The van der Waals surface area contributed by atoms with Gasteiger partial charge in [-0.25, -0.2) is 0 Å². The van der Waals surface area contributed by atoms with E-state index in [1.165, 1.54) is 8.66 Å².